The molecule has 2 aliphatic heterocycles. The third kappa shape index (κ3) is 6.36. The predicted molar refractivity (Wildman–Crippen MR) is 160 cm³/mol. The Bertz CT molecular complexity index is 1500. The second-order valence-corrected chi connectivity index (χ2v) is 13.3. The Hall–Kier alpha value is -3.72. The first-order valence-electron chi connectivity index (χ1n) is 14.3. The third-order valence-electron chi connectivity index (χ3n) is 7.28. The number of aromatic amines is 1. The number of H-pyrrole nitrogens is 1. The number of hydrogen-bond acceptors (Lipinski definition) is 6. The number of nitrogens with zero attached hydrogens (tertiary/aromatic N) is 2. The molecule has 2 atom stereocenters. The molecule has 5 rings (SSSR count). The summed E-state index contributed by atoms with van der Waals surface area (Å²) in [5.41, 5.74) is 2.46. The van der Waals surface area contributed by atoms with Crippen molar-refractivity contribution in [2.45, 2.75) is 84.1 Å². The van der Waals surface area contributed by atoms with Crippen LogP contribution < -0.4 is 4.74 Å². The zero-order valence-corrected chi connectivity index (χ0v) is 25.7. The van der Waals surface area contributed by atoms with Crippen molar-refractivity contribution in [3.8, 4) is 5.75 Å². The molecule has 0 saturated carbocycles. The van der Waals surface area contributed by atoms with Crippen molar-refractivity contribution >= 4 is 40.7 Å². The Kier molecular flexibility index (Phi) is 7.91. The second kappa shape index (κ2) is 11.2. The Labute approximate surface area is 251 Å². The fraction of sp³-hybridized carbons (Fsp3) is 0.469. The van der Waals surface area contributed by atoms with Gasteiger partial charge in [-0.15, -0.1) is 0 Å². The number of rotatable bonds is 3. The Morgan fingerprint density at radius 3 is 2.17 bits per heavy atom. The van der Waals surface area contributed by atoms with Crippen LogP contribution in [-0.2, 0) is 20.7 Å². The number of ether oxygens (including phenoxy) is 3. The molecule has 2 amide bonds. The van der Waals surface area contributed by atoms with E-state index in [9.17, 15) is 14.4 Å². The summed E-state index contributed by atoms with van der Waals surface area (Å²) < 4.78 is 17.0. The van der Waals surface area contributed by atoms with E-state index in [-0.39, 0.29) is 0 Å². The van der Waals surface area contributed by atoms with E-state index in [2.05, 4.69) is 4.98 Å². The molecular formula is C32H38ClN3O6. The fourth-order valence-electron chi connectivity index (χ4n) is 5.58. The van der Waals surface area contributed by atoms with Crippen molar-refractivity contribution in [2.24, 2.45) is 0 Å². The summed E-state index contributed by atoms with van der Waals surface area (Å²) >= 11 is 6.32. The summed E-state index contributed by atoms with van der Waals surface area (Å²) in [6.45, 7) is 11.8. The van der Waals surface area contributed by atoms with E-state index < -0.39 is 41.4 Å². The SMILES string of the molecule is CC(C)(C)OC(=O)N1CCCC1C(=O)Oc1ccc(C2c3[nH]c4ccc(Cl)cc4c3CCN2C(=O)OC(C)(C)C)cc1. The van der Waals surface area contributed by atoms with Crippen molar-refractivity contribution in [1.29, 1.82) is 0 Å². The number of nitrogens with one attached hydrogen (secondary N) is 1. The Balaban J connectivity index is 1.40. The number of carbonyl (C=O) groups is 3. The van der Waals surface area contributed by atoms with Gasteiger partial charge in [0.2, 0.25) is 0 Å². The molecule has 1 N–H and O–H groups in total. The van der Waals surface area contributed by atoms with Crippen LogP contribution in [0.4, 0.5) is 9.59 Å². The molecule has 1 saturated heterocycles. The fourth-order valence-corrected chi connectivity index (χ4v) is 5.75. The van der Waals surface area contributed by atoms with Gasteiger partial charge in [-0.1, -0.05) is 23.7 Å². The summed E-state index contributed by atoms with van der Waals surface area (Å²) in [5, 5.41) is 1.68. The number of carbonyl (C=O) groups excluding carboxylic acids is 3. The van der Waals surface area contributed by atoms with Gasteiger partial charge in [0.15, 0.2) is 0 Å². The molecule has 42 heavy (non-hydrogen) atoms. The minimum atomic E-state index is -0.707. The lowest BCUT2D eigenvalue weighted by Gasteiger charge is -2.37. The third-order valence-corrected chi connectivity index (χ3v) is 7.52. The number of benzene rings is 2. The maximum absolute atomic E-state index is 13.4. The van der Waals surface area contributed by atoms with Crippen LogP contribution in [0, 0.1) is 0 Å². The number of hydrogen-bond donors (Lipinski definition) is 1. The molecule has 0 radical (unpaired) electrons. The summed E-state index contributed by atoms with van der Waals surface area (Å²) in [7, 11) is 0. The van der Waals surface area contributed by atoms with Crippen molar-refractivity contribution in [2.75, 3.05) is 13.1 Å². The van der Waals surface area contributed by atoms with Crippen molar-refractivity contribution in [1.82, 2.24) is 14.8 Å². The van der Waals surface area contributed by atoms with E-state index in [0.717, 1.165) is 27.7 Å². The summed E-state index contributed by atoms with van der Waals surface area (Å²) in [6, 6.07) is 11.7. The molecule has 10 heteroatoms. The van der Waals surface area contributed by atoms with Crippen molar-refractivity contribution in [3.63, 3.8) is 0 Å². The van der Waals surface area contributed by atoms with E-state index >= 15 is 0 Å². The maximum Gasteiger partial charge on any atom is 0.411 e. The first-order chi connectivity index (χ1) is 19.7. The molecule has 0 bridgehead atoms. The van der Waals surface area contributed by atoms with Crippen LogP contribution in [0.1, 0.15) is 77.2 Å². The van der Waals surface area contributed by atoms with Crippen LogP contribution in [0.25, 0.3) is 10.9 Å². The molecule has 3 aromatic rings. The smallest absolute Gasteiger partial charge is 0.411 e. The van der Waals surface area contributed by atoms with Gasteiger partial charge in [0.05, 0.1) is 0 Å². The highest BCUT2D eigenvalue weighted by Crippen LogP contribution is 2.40. The summed E-state index contributed by atoms with van der Waals surface area (Å²) in [6.07, 6.45) is 0.923. The van der Waals surface area contributed by atoms with Gasteiger partial charge >= 0.3 is 18.2 Å². The van der Waals surface area contributed by atoms with E-state index in [4.69, 9.17) is 25.8 Å². The lowest BCUT2D eigenvalue weighted by Crippen LogP contribution is -2.44. The molecule has 2 aliphatic rings. The molecule has 0 aliphatic carbocycles. The molecule has 2 aromatic carbocycles. The second-order valence-electron chi connectivity index (χ2n) is 12.9. The largest absolute Gasteiger partial charge is 0.444 e. The van der Waals surface area contributed by atoms with Gasteiger partial charge in [0.25, 0.3) is 0 Å². The highest BCUT2D eigenvalue weighted by atomic mass is 35.5. The van der Waals surface area contributed by atoms with Gasteiger partial charge in [-0.05, 0) is 102 Å². The van der Waals surface area contributed by atoms with Gasteiger partial charge < -0.3 is 19.2 Å². The highest BCUT2D eigenvalue weighted by molar-refractivity contribution is 6.31. The van der Waals surface area contributed by atoms with Crippen LogP contribution in [-0.4, -0.2) is 63.3 Å². The molecular weight excluding hydrogens is 558 g/mol. The topological polar surface area (TPSA) is 101 Å². The van der Waals surface area contributed by atoms with E-state index in [1.54, 1.807) is 37.8 Å². The molecule has 0 spiro atoms. The number of fused-ring (bicyclic) bond motifs is 3. The number of aromatic nitrogens is 1. The molecule has 224 valence electrons. The van der Waals surface area contributed by atoms with E-state index in [1.165, 1.54) is 4.90 Å². The lowest BCUT2D eigenvalue weighted by molar-refractivity contribution is -0.139. The average Bonchev–Trinajstić information content (AvgIpc) is 3.52. The summed E-state index contributed by atoms with van der Waals surface area (Å²) in [4.78, 5) is 45.8. The summed E-state index contributed by atoms with van der Waals surface area (Å²) in [5.74, 6) is -0.156. The average molecular weight is 596 g/mol. The molecule has 1 aromatic heterocycles. The predicted octanol–water partition coefficient (Wildman–Crippen LogP) is 7.01. The van der Waals surface area contributed by atoms with Crippen LogP contribution in [0.2, 0.25) is 5.02 Å². The lowest BCUT2D eigenvalue weighted by atomic mass is 9.92. The van der Waals surface area contributed by atoms with Gasteiger partial charge in [-0.25, -0.2) is 14.4 Å². The standard InChI is InChI=1S/C32H38ClN3O6/c1-31(2,3)41-29(38)35-16-7-8-25(35)28(37)40-21-12-9-19(10-13-21)27-26-22(23-18-20(33)11-14-24(23)34-26)15-17-36(27)30(39)42-32(4,5)6/h9-14,18,25,27,34H,7-8,15-17H2,1-6H3. The van der Waals surface area contributed by atoms with Crippen molar-refractivity contribution < 1.29 is 28.6 Å². The van der Waals surface area contributed by atoms with Gasteiger partial charge in [0, 0.05) is 34.7 Å². The minimum Gasteiger partial charge on any atom is -0.444 e. The van der Waals surface area contributed by atoms with Crippen molar-refractivity contribution in [3.05, 3.63) is 64.3 Å². The Morgan fingerprint density at radius 1 is 0.881 bits per heavy atom. The van der Waals surface area contributed by atoms with E-state index in [0.29, 0.717) is 43.1 Å². The number of halogens is 1. The van der Waals surface area contributed by atoms with Crippen LogP contribution in [0.15, 0.2) is 42.5 Å². The molecule has 3 heterocycles. The normalized spacial score (nSPS) is 19.0. The first-order valence-corrected chi connectivity index (χ1v) is 14.7. The highest BCUT2D eigenvalue weighted by Gasteiger charge is 2.39. The van der Waals surface area contributed by atoms with Gasteiger partial charge in [-0.2, -0.15) is 0 Å². The van der Waals surface area contributed by atoms with Crippen LogP contribution in [0.5, 0.6) is 5.75 Å². The molecule has 1 fully saturated rings. The van der Waals surface area contributed by atoms with Crippen LogP contribution in [0.3, 0.4) is 0 Å². The molecule has 9 nitrogen and oxygen atoms in total. The maximum atomic E-state index is 13.4. The van der Waals surface area contributed by atoms with E-state index in [1.807, 2.05) is 51.1 Å². The zero-order chi connectivity index (χ0) is 30.4. The van der Waals surface area contributed by atoms with Gasteiger partial charge in [0.1, 0.15) is 29.0 Å². The monoisotopic (exact) mass is 595 g/mol. The zero-order valence-electron chi connectivity index (χ0n) is 25.0. The number of amides is 2. The Morgan fingerprint density at radius 2 is 1.52 bits per heavy atom. The quantitative estimate of drug-likeness (QED) is 0.258. The number of esters is 1. The first kappa shape index (κ1) is 29.8. The van der Waals surface area contributed by atoms with Crippen LogP contribution >= 0.6 is 11.6 Å². The molecule has 2 unspecified atom stereocenters. The van der Waals surface area contributed by atoms with Gasteiger partial charge in [-0.3, -0.25) is 9.80 Å². The number of likely N-dealkylation sites (tertiary alicyclic amines) is 1. The minimum absolute atomic E-state index is 0.350.